The van der Waals surface area contributed by atoms with Crippen LogP contribution in [0, 0.1) is 0 Å². The minimum Gasteiger partial charge on any atom is -0.382 e. The third-order valence-electron chi connectivity index (χ3n) is 3.90. The number of hydrogen-bond acceptors (Lipinski definition) is 3. The monoisotopic (exact) mass is 275 g/mol. The second kappa shape index (κ2) is 6.75. The number of benzene rings is 1. The molecule has 1 aliphatic rings. The summed E-state index contributed by atoms with van der Waals surface area (Å²) in [4.78, 5) is 15.6. The molecule has 1 saturated heterocycles. The van der Waals surface area contributed by atoms with Gasteiger partial charge in [-0.2, -0.15) is 0 Å². The SMILES string of the molecule is CN1CCC(Nc2ccc(CC(=O)N(C)C)cc2)CC1. The predicted octanol–water partition coefficient (Wildman–Crippen LogP) is 1.82. The smallest absolute Gasteiger partial charge is 0.226 e. The van der Waals surface area contributed by atoms with Crippen LogP contribution in [0.15, 0.2) is 24.3 Å². The van der Waals surface area contributed by atoms with Crippen molar-refractivity contribution in [1.82, 2.24) is 9.80 Å². The lowest BCUT2D eigenvalue weighted by molar-refractivity contribution is -0.127. The molecule has 2 rings (SSSR count). The summed E-state index contributed by atoms with van der Waals surface area (Å²) in [7, 11) is 5.75. The highest BCUT2D eigenvalue weighted by Crippen LogP contribution is 2.17. The lowest BCUT2D eigenvalue weighted by Gasteiger charge is -2.30. The molecule has 1 heterocycles. The Labute approximate surface area is 121 Å². The molecule has 0 radical (unpaired) electrons. The number of carbonyl (C=O) groups is 1. The number of nitrogens with zero attached hydrogens (tertiary/aromatic N) is 2. The molecule has 0 spiro atoms. The Morgan fingerprint density at radius 1 is 1.25 bits per heavy atom. The van der Waals surface area contributed by atoms with Gasteiger partial charge in [-0.05, 0) is 50.7 Å². The van der Waals surface area contributed by atoms with Gasteiger partial charge in [-0.3, -0.25) is 4.79 Å². The summed E-state index contributed by atoms with van der Waals surface area (Å²) < 4.78 is 0. The second-order valence-corrected chi connectivity index (χ2v) is 5.88. The highest BCUT2D eigenvalue weighted by molar-refractivity contribution is 5.78. The first kappa shape index (κ1) is 14.9. The van der Waals surface area contributed by atoms with Gasteiger partial charge in [-0.25, -0.2) is 0 Å². The molecule has 0 aliphatic carbocycles. The van der Waals surface area contributed by atoms with Gasteiger partial charge in [-0.1, -0.05) is 12.1 Å². The summed E-state index contributed by atoms with van der Waals surface area (Å²) in [5.41, 5.74) is 2.22. The van der Waals surface area contributed by atoms with E-state index in [0.29, 0.717) is 12.5 Å². The molecule has 0 atom stereocenters. The summed E-state index contributed by atoms with van der Waals surface area (Å²) in [6.07, 6.45) is 2.86. The quantitative estimate of drug-likeness (QED) is 0.910. The molecular weight excluding hydrogens is 250 g/mol. The number of anilines is 1. The van der Waals surface area contributed by atoms with E-state index >= 15 is 0 Å². The van der Waals surface area contributed by atoms with E-state index in [4.69, 9.17) is 0 Å². The number of likely N-dealkylation sites (N-methyl/N-ethyl adjacent to an activating group) is 1. The Kier molecular flexibility index (Phi) is 5.01. The molecular formula is C16H25N3O. The number of piperidine rings is 1. The Hall–Kier alpha value is -1.55. The van der Waals surface area contributed by atoms with E-state index in [0.717, 1.165) is 24.3 Å². The molecule has 1 N–H and O–H groups in total. The molecule has 4 nitrogen and oxygen atoms in total. The summed E-state index contributed by atoms with van der Waals surface area (Å²) in [5.74, 6) is 0.140. The van der Waals surface area contributed by atoms with Crippen molar-refractivity contribution < 1.29 is 4.79 Å². The first-order valence-electron chi connectivity index (χ1n) is 7.29. The summed E-state index contributed by atoms with van der Waals surface area (Å²) in [5, 5.41) is 3.58. The van der Waals surface area contributed by atoms with E-state index in [2.05, 4.69) is 29.4 Å². The van der Waals surface area contributed by atoms with Crippen molar-refractivity contribution in [2.24, 2.45) is 0 Å². The fraction of sp³-hybridized carbons (Fsp3) is 0.562. The Bertz CT molecular complexity index is 434. The van der Waals surface area contributed by atoms with Gasteiger partial charge in [0.25, 0.3) is 0 Å². The lowest BCUT2D eigenvalue weighted by atomic mass is 10.0. The maximum absolute atomic E-state index is 11.7. The average molecular weight is 275 g/mol. The van der Waals surface area contributed by atoms with Gasteiger partial charge < -0.3 is 15.1 Å². The Morgan fingerprint density at radius 2 is 1.85 bits per heavy atom. The molecule has 1 aromatic carbocycles. The molecule has 0 aromatic heterocycles. The van der Waals surface area contributed by atoms with Gasteiger partial charge in [0.15, 0.2) is 0 Å². The highest BCUT2D eigenvalue weighted by Gasteiger charge is 2.16. The van der Waals surface area contributed by atoms with Crippen molar-refractivity contribution in [2.45, 2.75) is 25.3 Å². The minimum absolute atomic E-state index is 0.140. The van der Waals surface area contributed by atoms with Gasteiger partial charge in [0.1, 0.15) is 0 Å². The van der Waals surface area contributed by atoms with Crippen molar-refractivity contribution in [3.8, 4) is 0 Å². The molecule has 1 aromatic rings. The standard InChI is InChI=1S/C16H25N3O/c1-18(2)16(20)12-13-4-6-14(7-5-13)17-15-8-10-19(3)11-9-15/h4-7,15,17H,8-12H2,1-3H3. The first-order valence-corrected chi connectivity index (χ1v) is 7.29. The zero-order valence-electron chi connectivity index (χ0n) is 12.7. The number of likely N-dealkylation sites (tertiary alicyclic amines) is 1. The van der Waals surface area contributed by atoms with Gasteiger partial charge >= 0.3 is 0 Å². The van der Waals surface area contributed by atoms with Crippen LogP contribution in [-0.2, 0) is 11.2 Å². The third-order valence-corrected chi connectivity index (χ3v) is 3.90. The van der Waals surface area contributed by atoms with Crippen molar-refractivity contribution >= 4 is 11.6 Å². The molecule has 1 aliphatic heterocycles. The number of amides is 1. The Morgan fingerprint density at radius 3 is 2.40 bits per heavy atom. The molecule has 1 fully saturated rings. The number of hydrogen-bond donors (Lipinski definition) is 1. The van der Waals surface area contributed by atoms with Gasteiger partial charge in [0, 0.05) is 25.8 Å². The van der Waals surface area contributed by atoms with Crippen LogP contribution in [0.4, 0.5) is 5.69 Å². The zero-order valence-corrected chi connectivity index (χ0v) is 12.7. The maximum atomic E-state index is 11.7. The third kappa shape index (κ3) is 4.23. The highest BCUT2D eigenvalue weighted by atomic mass is 16.2. The molecule has 0 unspecified atom stereocenters. The number of rotatable bonds is 4. The van der Waals surface area contributed by atoms with Crippen molar-refractivity contribution in [3.63, 3.8) is 0 Å². The molecule has 110 valence electrons. The van der Waals surface area contributed by atoms with Crippen LogP contribution in [0.3, 0.4) is 0 Å². The van der Waals surface area contributed by atoms with E-state index in [1.54, 1.807) is 19.0 Å². The van der Waals surface area contributed by atoms with Crippen molar-refractivity contribution in [1.29, 1.82) is 0 Å². The maximum Gasteiger partial charge on any atom is 0.226 e. The molecule has 4 heteroatoms. The molecule has 0 saturated carbocycles. The zero-order chi connectivity index (χ0) is 14.5. The fourth-order valence-corrected chi connectivity index (χ4v) is 2.44. The van der Waals surface area contributed by atoms with E-state index in [-0.39, 0.29) is 5.91 Å². The summed E-state index contributed by atoms with van der Waals surface area (Å²) in [6, 6.07) is 8.81. The largest absolute Gasteiger partial charge is 0.382 e. The van der Waals surface area contributed by atoms with Gasteiger partial charge in [-0.15, -0.1) is 0 Å². The fourth-order valence-electron chi connectivity index (χ4n) is 2.44. The Balaban J connectivity index is 1.87. The van der Waals surface area contributed by atoms with E-state index < -0.39 is 0 Å². The minimum atomic E-state index is 0.140. The number of carbonyl (C=O) groups excluding carboxylic acids is 1. The van der Waals surface area contributed by atoms with Crippen LogP contribution < -0.4 is 5.32 Å². The van der Waals surface area contributed by atoms with Crippen molar-refractivity contribution in [3.05, 3.63) is 29.8 Å². The first-order chi connectivity index (χ1) is 9.54. The summed E-state index contributed by atoms with van der Waals surface area (Å²) in [6.45, 7) is 2.32. The van der Waals surface area contributed by atoms with Crippen LogP contribution in [0.5, 0.6) is 0 Å². The number of nitrogens with one attached hydrogen (secondary N) is 1. The second-order valence-electron chi connectivity index (χ2n) is 5.88. The van der Waals surface area contributed by atoms with Crippen LogP contribution in [0.2, 0.25) is 0 Å². The summed E-state index contributed by atoms with van der Waals surface area (Å²) >= 11 is 0. The average Bonchev–Trinajstić information content (AvgIpc) is 2.43. The van der Waals surface area contributed by atoms with Crippen LogP contribution in [0.1, 0.15) is 18.4 Å². The van der Waals surface area contributed by atoms with Crippen LogP contribution >= 0.6 is 0 Å². The topological polar surface area (TPSA) is 35.6 Å². The van der Waals surface area contributed by atoms with E-state index in [1.165, 1.54) is 12.8 Å². The van der Waals surface area contributed by atoms with Crippen molar-refractivity contribution in [2.75, 3.05) is 39.5 Å². The molecule has 1 amide bonds. The van der Waals surface area contributed by atoms with Gasteiger partial charge in [0.2, 0.25) is 5.91 Å². The van der Waals surface area contributed by atoms with Gasteiger partial charge in [0.05, 0.1) is 6.42 Å². The van der Waals surface area contributed by atoms with Crippen LogP contribution in [-0.4, -0.2) is 56.0 Å². The van der Waals surface area contributed by atoms with E-state index in [1.807, 2.05) is 12.1 Å². The van der Waals surface area contributed by atoms with E-state index in [9.17, 15) is 4.79 Å². The lowest BCUT2D eigenvalue weighted by Crippen LogP contribution is -2.36. The predicted molar refractivity (Wildman–Crippen MR) is 83.0 cm³/mol. The molecule has 0 bridgehead atoms. The normalized spacial score (nSPS) is 16.9. The molecule has 20 heavy (non-hydrogen) atoms. The van der Waals surface area contributed by atoms with Crippen LogP contribution in [0.25, 0.3) is 0 Å².